The second-order valence-electron chi connectivity index (χ2n) is 3.96. The van der Waals surface area contributed by atoms with E-state index in [0.29, 0.717) is 6.61 Å². The van der Waals surface area contributed by atoms with Crippen LogP contribution in [0.3, 0.4) is 0 Å². The third-order valence-corrected chi connectivity index (χ3v) is 2.62. The average Bonchev–Trinajstić information content (AvgIpc) is 2.45. The number of ether oxygens (including phenoxy) is 1. The van der Waals surface area contributed by atoms with Crippen LogP contribution >= 0.6 is 0 Å². The third-order valence-electron chi connectivity index (χ3n) is 2.62. The summed E-state index contributed by atoms with van der Waals surface area (Å²) in [6, 6.07) is 18.1. The van der Waals surface area contributed by atoms with E-state index in [9.17, 15) is 0 Å². The summed E-state index contributed by atoms with van der Waals surface area (Å²) in [7, 11) is 0. The first kappa shape index (κ1) is 12.3. The molecule has 0 bridgehead atoms. The maximum absolute atomic E-state index is 5.60. The van der Waals surface area contributed by atoms with Crippen molar-refractivity contribution < 1.29 is 4.74 Å². The number of hydrogen-bond donors (Lipinski definition) is 0. The highest BCUT2D eigenvalue weighted by Crippen LogP contribution is 2.13. The highest BCUT2D eigenvalue weighted by atomic mass is 16.5. The van der Waals surface area contributed by atoms with Gasteiger partial charge in [-0.3, -0.25) is 0 Å². The molecule has 0 unspecified atom stereocenters. The Morgan fingerprint density at radius 2 is 1.83 bits per heavy atom. The van der Waals surface area contributed by atoms with Gasteiger partial charge in [0.1, 0.15) is 12.4 Å². The van der Waals surface area contributed by atoms with Gasteiger partial charge in [-0.1, -0.05) is 49.1 Å². The summed E-state index contributed by atoms with van der Waals surface area (Å²) in [6.45, 7) is 2.55. The topological polar surface area (TPSA) is 9.23 Å². The maximum atomic E-state index is 5.60. The molecule has 0 atom stereocenters. The van der Waals surface area contributed by atoms with Gasteiger partial charge in [0.2, 0.25) is 0 Å². The molecule has 0 N–H and O–H groups in total. The fraction of sp³-hybridized carbons (Fsp3) is 0.176. The SMILES string of the molecule is CCc1cccc(OCC#Cc2ccccc2)c1. The molecule has 0 amide bonds. The lowest BCUT2D eigenvalue weighted by Crippen LogP contribution is -1.94. The van der Waals surface area contributed by atoms with Crippen LogP contribution in [0.4, 0.5) is 0 Å². The predicted octanol–water partition coefficient (Wildman–Crippen LogP) is 3.68. The largest absolute Gasteiger partial charge is 0.481 e. The zero-order valence-corrected chi connectivity index (χ0v) is 10.5. The minimum Gasteiger partial charge on any atom is -0.481 e. The molecule has 0 aromatic heterocycles. The second kappa shape index (κ2) is 6.51. The molecule has 90 valence electrons. The molecule has 2 rings (SSSR count). The van der Waals surface area contributed by atoms with Gasteiger partial charge in [0.05, 0.1) is 0 Å². The van der Waals surface area contributed by atoms with E-state index in [2.05, 4.69) is 30.9 Å². The van der Waals surface area contributed by atoms with Gasteiger partial charge in [0, 0.05) is 5.56 Å². The average molecular weight is 236 g/mol. The normalized spacial score (nSPS) is 9.39. The Morgan fingerprint density at radius 1 is 1.00 bits per heavy atom. The van der Waals surface area contributed by atoms with Crippen molar-refractivity contribution in [3.05, 3.63) is 65.7 Å². The highest BCUT2D eigenvalue weighted by Gasteiger charge is 1.93. The van der Waals surface area contributed by atoms with Crippen molar-refractivity contribution in [2.24, 2.45) is 0 Å². The van der Waals surface area contributed by atoms with Crippen LogP contribution < -0.4 is 4.74 Å². The summed E-state index contributed by atoms with van der Waals surface area (Å²) >= 11 is 0. The molecule has 0 aliphatic heterocycles. The molecule has 18 heavy (non-hydrogen) atoms. The van der Waals surface area contributed by atoms with Gasteiger partial charge >= 0.3 is 0 Å². The van der Waals surface area contributed by atoms with Crippen LogP contribution in [-0.2, 0) is 6.42 Å². The lowest BCUT2D eigenvalue weighted by Gasteiger charge is -2.03. The van der Waals surface area contributed by atoms with Gasteiger partial charge < -0.3 is 4.74 Å². The lowest BCUT2D eigenvalue weighted by atomic mass is 10.2. The van der Waals surface area contributed by atoms with Crippen LogP contribution in [0.5, 0.6) is 5.75 Å². The molecule has 1 heteroatoms. The van der Waals surface area contributed by atoms with Crippen molar-refractivity contribution in [3.8, 4) is 17.6 Å². The molecule has 0 saturated heterocycles. The van der Waals surface area contributed by atoms with Crippen LogP contribution in [0.2, 0.25) is 0 Å². The summed E-state index contributed by atoms with van der Waals surface area (Å²) in [4.78, 5) is 0. The minimum absolute atomic E-state index is 0.419. The molecule has 2 aromatic rings. The van der Waals surface area contributed by atoms with E-state index >= 15 is 0 Å². The summed E-state index contributed by atoms with van der Waals surface area (Å²) in [5, 5.41) is 0. The molecular formula is C17H16O. The summed E-state index contributed by atoms with van der Waals surface area (Å²) in [6.07, 6.45) is 1.02. The van der Waals surface area contributed by atoms with E-state index < -0.39 is 0 Å². The number of rotatable bonds is 3. The van der Waals surface area contributed by atoms with E-state index in [1.807, 2.05) is 42.5 Å². The van der Waals surface area contributed by atoms with Gasteiger partial charge in [-0.05, 0) is 36.2 Å². The summed E-state index contributed by atoms with van der Waals surface area (Å²) in [5.74, 6) is 6.97. The molecule has 0 aliphatic rings. The fourth-order valence-electron chi connectivity index (χ4n) is 1.63. The molecule has 0 heterocycles. The molecule has 0 saturated carbocycles. The van der Waals surface area contributed by atoms with E-state index in [-0.39, 0.29) is 0 Å². The molecular weight excluding hydrogens is 220 g/mol. The molecule has 0 aliphatic carbocycles. The maximum Gasteiger partial charge on any atom is 0.149 e. The van der Waals surface area contributed by atoms with E-state index in [1.165, 1.54) is 5.56 Å². The Morgan fingerprint density at radius 3 is 2.61 bits per heavy atom. The molecule has 1 nitrogen and oxygen atoms in total. The van der Waals surface area contributed by atoms with Crippen molar-refractivity contribution in [1.82, 2.24) is 0 Å². The first-order valence-corrected chi connectivity index (χ1v) is 6.14. The van der Waals surface area contributed by atoms with Crippen LogP contribution in [-0.4, -0.2) is 6.61 Å². The van der Waals surface area contributed by atoms with Crippen LogP contribution in [0, 0.1) is 11.8 Å². The van der Waals surface area contributed by atoms with Crippen molar-refractivity contribution in [3.63, 3.8) is 0 Å². The number of hydrogen-bond acceptors (Lipinski definition) is 1. The van der Waals surface area contributed by atoms with Gasteiger partial charge in [-0.15, -0.1) is 0 Å². The fourth-order valence-corrected chi connectivity index (χ4v) is 1.63. The Labute approximate surface area is 108 Å². The quantitative estimate of drug-likeness (QED) is 0.739. The monoisotopic (exact) mass is 236 g/mol. The highest BCUT2D eigenvalue weighted by molar-refractivity contribution is 5.34. The Bertz CT molecular complexity index is 547. The van der Waals surface area contributed by atoms with Crippen LogP contribution in [0.25, 0.3) is 0 Å². The third kappa shape index (κ3) is 3.68. The lowest BCUT2D eigenvalue weighted by molar-refractivity contribution is 0.370. The van der Waals surface area contributed by atoms with E-state index in [0.717, 1.165) is 17.7 Å². The van der Waals surface area contributed by atoms with Gasteiger partial charge in [-0.25, -0.2) is 0 Å². The number of aryl methyl sites for hydroxylation is 1. The zero-order chi connectivity index (χ0) is 12.6. The van der Waals surface area contributed by atoms with E-state index in [1.54, 1.807) is 0 Å². The molecule has 0 spiro atoms. The van der Waals surface area contributed by atoms with Crippen molar-refractivity contribution in [2.45, 2.75) is 13.3 Å². The molecule has 0 radical (unpaired) electrons. The van der Waals surface area contributed by atoms with Crippen molar-refractivity contribution >= 4 is 0 Å². The van der Waals surface area contributed by atoms with Crippen LogP contribution in [0.1, 0.15) is 18.1 Å². The standard InChI is InChI=1S/C17H16O/c1-2-15-10-6-12-17(14-15)18-13-7-11-16-8-4-3-5-9-16/h3-6,8-10,12,14H,2,13H2,1H3. The summed E-state index contributed by atoms with van der Waals surface area (Å²) in [5.41, 5.74) is 2.30. The predicted molar refractivity (Wildman–Crippen MR) is 74.6 cm³/mol. The Kier molecular flexibility index (Phi) is 4.44. The summed E-state index contributed by atoms with van der Waals surface area (Å²) < 4.78 is 5.60. The van der Waals surface area contributed by atoms with Gasteiger partial charge in [0.15, 0.2) is 0 Å². The zero-order valence-electron chi connectivity index (χ0n) is 10.5. The first-order valence-electron chi connectivity index (χ1n) is 6.14. The van der Waals surface area contributed by atoms with Crippen molar-refractivity contribution in [2.75, 3.05) is 6.61 Å². The minimum atomic E-state index is 0.419. The van der Waals surface area contributed by atoms with Gasteiger partial charge in [-0.2, -0.15) is 0 Å². The number of benzene rings is 2. The van der Waals surface area contributed by atoms with Gasteiger partial charge in [0.25, 0.3) is 0 Å². The van der Waals surface area contributed by atoms with E-state index in [4.69, 9.17) is 4.74 Å². The second-order valence-corrected chi connectivity index (χ2v) is 3.96. The molecule has 2 aromatic carbocycles. The Hall–Kier alpha value is -2.20. The molecule has 0 fully saturated rings. The smallest absolute Gasteiger partial charge is 0.149 e. The first-order chi connectivity index (χ1) is 8.88. The van der Waals surface area contributed by atoms with Crippen LogP contribution in [0.15, 0.2) is 54.6 Å². The van der Waals surface area contributed by atoms with Crippen molar-refractivity contribution in [1.29, 1.82) is 0 Å². The Balaban J connectivity index is 1.91.